The van der Waals surface area contributed by atoms with Crippen molar-refractivity contribution in [2.75, 3.05) is 26.9 Å². The second-order valence-electron chi connectivity index (χ2n) is 6.28. The maximum atomic E-state index is 5.93. The molecule has 0 bridgehead atoms. The van der Waals surface area contributed by atoms with Crippen molar-refractivity contribution in [3.8, 4) is 17.2 Å². The van der Waals surface area contributed by atoms with Crippen LogP contribution in [0, 0.1) is 13.8 Å². The second kappa shape index (κ2) is 11.7. The molecule has 0 amide bonds. The van der Waals surface area contributed by atoms with Crippen molar-refractivity contribution in [3.63, 3.8) is 0 Å². The first-order valence-corrected chi connectivity index (χ1v) is 9.38. The van der Waals surface area contributed by atoms with Crippen LogP contribution in [0.3, 0.4) is 0 Å². The summed E-state index contributed by atoms with van der Waals surface area (Å²) in [6.07, 6.45) is 6.40. The van der Waals surface area contributed by atoms with E-state index in [2.05, 4.69) is 9.99 Å². The Morgan fingerprint density at radius 1 is 0.893 bits per heavy atom. The third kappa shape index (κ3) is 6.99. The number of nitrogens with zero attached hydrogens (tertiary/aromatic N) is 1. The summed E-state index contributed by atoms with van der Waals surface area (Å²) in [4.78, 5) is 4.66. The maximum Gasteiger partial charge on any atom is 0.125 e. The lowest BCUT2D eigenvalue weighted by atomic mass is 10.1. The number of benzene rings is 2. The Kier molecular flexibility index (Phi) is 8.92. The summed E-state index contributed by atoms with van der Waals surface area (Å²) in [5.74, 6) is 2.55. The van der Waals surface area contributed by atoms with E-state index < -0.39 is 0 Å². The number of aryl methyl sites for hydroxylation is 2. The summed E-state index contributed by atoms with van der Waals surface area (Å²) >= 11 is 0. The molecule has 5 heteroatoms. The lowest BCUT2D eigenvalue weighted by molar-refractivity contribution is 0.214. The van der Waals surface area contributed by atoms with Crippen LogP contribution in [-0.2, 0) is 11.3 Å². The van der Waals surface area contributed by atoms with Gasteiger partial charge < -0.3 is 19.0 Å². The van der Waals surface area contributed by atoms with Gasteiger partial charge in [-0.3, -0.25) is 0 Å². The van der Waals surface area contributed by atoms with E-state index in [4.69, 9.17) is 14.2 Å². The molecule has 0 radical (unpaired) electrons. The number of oxime groups is 1. The Bertz CT molecular complexity index is 759. The van der Waals surface area contributed by atoms with Crippen LogP contribution in [-0.4, -0.2) is 33.1 Å². The van der Waals surface area contributed by atoms with Crippen LogP contribution in [0.2, 0.25) is 0 Å². The highest BCUT2D eigenvalue weighted by Crippen LogP contribution is 2.28. The molecule has 0 saturated heterocycles. The first kappa shape index (κ1) is 21.4. The zero-order valence-electron chi connectivity index (χ0n) is 17.1. The molecule has 28 heavy (non-hydrogen) atoms. The van der Waals surface area contributed by atoms with Crippen molar-refractivity contribution in [1.82, 2.24) is 0 Å². The van der Waals surface area contributed by atoms with Gasteiger partial charge in [0.2, 0.25) is 0 Å². The fourth-order valence-corrected chi connectivity index (χ4v) is 2.70. The maximum absolute atomic E-state index is 5.93. The minimum atomic E-state index is 0.475. The summed E-state index contributed by atoms with van der Waals surface area (Å²) < 4.78 is 17.4. The predicted molar refractivity (Wildman–Crippen MR) is 113 cm³/mol. The molecule has 0 aromatic heterocycles. The topological polar surface area (TPSA) is 49.3 Å². The fourth-order valence-electron chi connectivity index (χ4n) is 2.70. The molecule has 150 valence electrons. The van der Waals surface area contributed by atoms with Gasteiger partial charge in [0.05, 0.1) is 0 Å². The Morgan fingerprint density at radius 2 is 1.57 bits per heavy atom. The normalized spacial score (nSPS) is 11.1. The Hall–Kier alpha value is -2.95. The van der Waals surface area contributed by atoms with E-state index in [-0.39, 0.29) is 0 Å². The summed E-state index contributed by atoms with van der Waals surface area (Å²) in [5, 5.41) is 3.73. The first-order chi connectivity index (χ1) is 13.6. The van der Waals surface area contributed by atoms with Gasteiger partial charge in [-0.2, -0.15) is 0 Å². The highest BCUT2D eigenvalue weighted by Gasteiger charge is 2.07. The van der Waals surface area contributed by atoms with Crippen molar-refractivity contribution in [3.05, 3.63) is 65.2 Å². The van der Waals surface area contributed by atoms with Crippen molar-refractivity contribution < 1.29 is 19.0 Å². The lowest BCUT2D eigenvalue weighted by Gasteiger charge is -2.15. The van der Waals surface area contributed by atoms with E-state index >= 15 is 0 Å². The molecule has 2 aromatic carbocycles. The van der Waals surface area contributed by atoms with Crippen LogP contribution in [0.15, 0.2) is 53.7 Å². The van der Waals surface area contributed by atoms with Crippen molar-refractivity contribution in [1.29, 1.82) is 0 Å². The first-order valence-electron chi connectivity index (χ1n) is 9.38. The number of hydrogen-bond acceptors (Lipinski definition) is 5. The van der Waals surface area contributed by atoms with Gasteiger partial charge in [0, 0.05) is 12.6 Å². The van der Waals surface area contributed by atoms with Crippen LogP contribution in [0.1, 0.15) is 23.6 Å². The minimum Gasteiger partial charge on any atom is -0.490 e. The van der Waals surface area contributed by atoms with Crippen LogP contribution in [0.4, 0.5) is 0 Å². The predicted octanol–water partition coefficient (Wildman–Crippen LogP) is 4.89. The van der Waals surface area contributed by atoms with E-state index in [9.17, 15) is 0 Å². The molecule has 0 spiro atoms. The molecule has 0 aliphatic heterocycles. The number of rotatable bonds is 11. The van der Waals surface area contributed by atoms with Gasteiger partial charge in [0.25, 0.3) is 0 Å². The molecule has 0 aliphatic rings. The Balaban J connectivity index is 1.80. The summed E-state index contributed by atoms with van der Waals surface area (Å²) in [6, 6.07) is 11.9. The minimum absolute atomic E-state index is 0.475. The van der Waals surface area contributed by atoms with E-state index in [1.54, 1.807) is 6.21 Å². The zero-order chi connectivity index (χ0) is 20.2. The molecular formula is C23H29NO4. The molecule has 5 nitrogen and oxygen atoms in total. The van der Waals surface area contributed by atoms with Crippen molar-refractivity contribution in [2.24, 2.45) is 5.16 Å². The SMILES string of the molecule is C/C=C/COc1cc(C)c(OCCOc2ccc(C/C=N/OC)cc2)c(C)c1. The highest BCUT2D eigenvalue weighted by molar-refractivity contribution is 5.60. The summed E-state index contributed by atoms with van der Waals surface area (Å²) in [7, 11) is 1.53. The zero-order valence-corrected chi connectivity index (χ0v) is 17.1. The third-order valence-electron chi connectivity index (χ3n) is 4.04. The molecule has 0 saturated carbocycles. The number of hydrogen-bond donors (Lipinski definition) is 0. The second-order valence-corrected chi connectivity index (χ2v) is 6.28. The highest BCUT2D eigenvalue weighted by atomic mass is 16.6. The molecule has 0 heterocycles. The van der Waals surface area contributed by atoms with E-state index in [1.165, 1.54) is 7.11 Å². The fraction of sp³-hybridized carbons (Fsp3) is 0.348. The van der Waals surface area contributed by atoms with Crippen molar-refractivity contribution >= 4 is 6.21 Å². The van der Waals surface area contributed by atoms with Crippen LogP contribution >= 0.6 is 0 Å². The van der Waals surface area contributed by atoms with Gasteiger partial charge in [0.15, 0.2) is 0 Å². The van der Waals surface area contributed by atoms with Crippen LogP contribution < -0.4 is 14.2 Å². The average Bonchev–Trinajstić information content (AvgIpc) is 2.68. The van der Waals surface area contributed by atoms with Gasteiger partial charge in [-0.25, -0.2) is 0 Å². The van der Waals surface area contributed by atoms with Gasteiger partial charge in [-0.1, -0.05) is 29.4 Å². The molecule has 0 atom stereocenters. The monoisotopic (exact) mass is 383 g/mol. The quantitative estimate of drug-likeness (QED) is 0.240. The van der Waals surface area contributed by atoms with Gasteiger partial charge in [-0.05, 0) is 61.7 Å². The largest absolute Gasteiger partial charge is 0.490 e. The molecule has 2 rings (SSSR count). The standard InChI is InChI=1S/C23H29NO4/c1-5-6-13-26-22-16-18(2)23(19(3)17-22)28-15-14-27-21-9-7-20(8-10-21)11-12-24-25-4/h5-10,12,16-17H,11,13-15H2,1-4H3/b6-5+,24-12+. The lowest BCUT2D eigenvalue weighted by Crippen LogP contribution is -2.10. The van der Waals surface area contributed by atoms with Gasteiger partial charge in [-0.15, -0.1) is 0 Å². The third-order valence-corrected chi connectivity index (χ3v) is 4.04. The molecule has 0 fully saturated rings. The molecule has 0 aliphatic carbocycles. The van der Waals surface area contributed by atoms with Gasteiger partial charge in [0.1, 0.15) is 44.2 Å². The van der Waals surface area contributed by atoms with Crippen LogP contribution in [0.5, 0.6) is 17.2 Å². The van der Waals surface area contributed by atoms with E-state index in [0.29, 0.717) is 19.8 Å². The average molecular weight is 383 g/mol. The van der Waals surface area contributed by atoms with Crippen molar-refractivity contribution in [2.45, 2.75) is 27.2 Å². The van der Waals surface area contributed by atoms with Gasteiger partial charge >= 0.3 is 0 Å². The van der Waals surface area contributed by atoms with Crippen LogP contribution in [0.25, 0.3) is 0 Å². The van der Waals surface area contributed by atoms with E-state index in [1.807, 2.05) is 69.3 Å². The number of allylic oxidation sites excluding steroid dienone is 1. The molecule has 0 unspecified atom stereocenters. The molecule has 2 aromatic rings. The summed E-state index contributed by atoms with van der Waals surface area (Å²) in [5.41, 5.74) is 3.25. The Morgan fingerprint density at radius 3 is 2.21 bits per heavy atom. The van der Waals surface area contributed by atoms with E-state index in [0.717, 1.165) is 40.4 Å². The number of ether oxygens (including phenoxy) is 3. The smallest absolute Gasteiger partial charge is 0.125 e. The Labute approximate surface area is 167 Å². The summed E-state index contributed by atoms with van der Waals surface area (Å²) in [6.45, 7) is 7.55. The molecular weight excluding hydrogens is 354 g/mol. The molecule has 0 N–H and O–H groups in total.